The molecule has 1 aromatic heterocycles. The predicted molar refractivity (Wildman–Crippen MR) is 99.4 cm³/mol. The van der Waals surface area contributed by atoms with Gasteiger partial charge >= 0.3 is 0 Å². The van der Waals surface area contributed by atoms with Crippen molar-refractivity contribution in [1.29, 1.82) is 0 Å². The van der Waals surface area contributed by atoms with Crippen molar-refractivity contribution in [3.8, 4) is 0 Å². The zero-order chi connectivity index (χ0) is 17.8. The van der Waals surface area contributed by atoms with E-state index in [2.05, 4.69) is 4.99 Å². The number of hydrogen-bond donors (Lipinski definition) is 0. The number of Topliss-reactive ketones (excluding diaryl/α,β-unsaturated/α-hetero) is 1. The van der Waals surface area contributed by atoms with E-state index in [1.165, 1.54) is 23.5 Å². The Labute approximate surface area is 158 Å². The van der Waals surface area contributed by atoms with Crippen LogP contribution >= 0.6 is 34.5 Å². The highest BCUT2D eigenvalue weighted by molar-refractivity contribution is 7.07. The Bertz CT molecular complexity index is 994. The molecule has 0 spiro atoms. The number of carbonyl (C=O) groups is 2. The lowest BCUT2D eigenvalue weighted by Crippen LogP contribution is -2.21. The summed E-state index contributed by atoms with van der Waals surface area (Å²) in [6.45, 7) is 0.105. The van der Waals surface area contributed by atoms with Crippen molar-refractivity contribution in [3.05, 3.63) is 86.1 Å². The largest absolute Gasteiger partial charge is 0.316 e. The molecule has 1 amide bonds. The summed E-state index contributed by atoms with van der Waals surface area (Å²) in [6, 6.07) is 13.6. The highest BCUT2D eigenvalue weighted by atomic mass is 35.5. The first-order chi connectivity index (χ1) is 12.0. The lowest BCUT2D eigenvalue weighted by molar-refractivity contribution is 0.0963. The second-order valence-corrected chi connectivity index (χ2v) is 6.86. The lowest BCUT2D eigenvalue weighted by atomic mass is 10.1. The van der Waals surface area contributed by atoms with Gasteiger partial charge in [0.2, 0.25) is 0 Å². The summed E-state index contributed by atoms with van der Waals surface area (Å²) in [6.07, 6.45) is 1.72. The maximum Gasteiger partial charge on any atom is 0.281 e. The molecule has 0 unspecified atom stereocenters. The number of halogens is 2. The molecule has 25 heavy (non-hydrogen) atoms. The van der Waals surface area contributed by atoms with Gasteiger partial charge in [0.15, 0.2) is 10.6 Å². The van der Waals surface area contributed by atoms with Crippen LogP contribution in [0.15, 0.2) is 65.1 Å². The first-order valence-electron chi connectivity index (χ1n) is 7.31. The maximum absolute atomic E-state index is 12.4. The average molecular weight is 391 g/mol. The fourth-order valence-electron chi connectivity index (χ4n) is 2.19. The third-order valence-electron chi connectivity index (χ3n) is 3.43. The number of benzene rings is 2. The van der Waals surface area contributed by atoms with Gasteiger partial charge in [-0.05, 0) is 18.2 Å². The maximum atomic E-state index is 12.4. The summed E-state index contributed by atoms with van der Waals surface area (Å²) < 4.78 is 1.64. The molecule has 0 atom stereocenters. The summed E-state index contributed by atoms with van der Waals surface area (Å²) in [5.74, 6) is -0.539. The standard InChI is InChI=1S/C18H12Cl2N2O2S/c19-13-6-7-14(15(20)10-13)17(24)21-18-22(8-9-25-18)11-16(23)12-4-2-1-3-5-12/h1-10H,11H2. The quantitative estimate of drug-likeness (QED) is 0.616. The summed E-state index contributed by atoms with van der Waals surface area (Å²) >= 11 is 13.2. The van der Waals surface area contributed by atoms with Crippen LogP contribution in [-0.2, 0) is 6.54 Å². The molecule has 0 fully saturated rings. The second-order valence-electron chi connectivity index (χ2n) is 5.14. The minimum atomic E-state index is -0.481. The van der Waals surface area contributed by atoms with Gasteiger partial charge in [-0.25, -0.2) is 0 Å². The zero-order valence-corrected chi connectivity index (χ0v) is 15.2. The molecule has 0 saturated carbocycles. The third kappa shape index (κ3) is 4.25. The van der Waals surface area contributed by atoms with E-state index in [0.29, 0.717) is 15.4 Å². The first kappa shape index (κ1) is 17.6. The first-order valence-corrected chi connectivity index (χ1v) is 8.94. The Morgan fingerprint density at radius 1 is 1.08 bits per heavy atom. The van der Waals surface area contributed by atoms with Crippen LogP contribution in [0.5, 0.6) is 0 Å². The van der Waals surface area contributed by atoms with Gasteiger partial charge < -0.3 is 4.57 Å². The van der Waals surface area contributed by atoms with E-state index < -0.39 is 5.91 Å². The molecule has 4 nitrogen and oxygen atoms in total. The number of rotatable bonds is 4. The molecule has 3 aromatic rings. The molecule has 0 aliphatic carbocycles. The molecular formula is C18H12Cl2N2O2S. The molecule has 0 saturated heterocycles. The Morgan fingerprint density at radius 3 is 2.56 bits per heavy atom. The van der Waals surface area contributed by atoms with E-state index >= 15 is 0 Å². The van der Waals surface area contributed by atoms with Crippen LogP contribution in [0.3, 0.4) is 0 Å². The van der Waals surface area contributed by atoms with E-state index in [9.17, 15) is 9.59 Å². The number of aromatic nitrogens is 1. The van der Waals surface area contributed by atoms with Crippen molar-refractivity contribution in [3.63, 3.8) is 0 Å². The molecular weight excluding hydrogens is 379 g/mol. The Morgan fingerprint density at radius 2 is 1.84 bits per heavy atom. The summed E-state index contributed by atoms with van der Waals surface area (Å²) in [7, 11) is 0. The van der Waals surface area contributed by atoms with Crippen LogP contribution in [0, 0.1) is 0 Å². The Kier molecular flexibility index (Phi) is 5.48. The van der Waals surface area contributed by atoms with Gasteiger partial charge in [0.05, 0.1) is 17.1 Å². The molecule has 2 aromatic carbocycles. The minimum absolute atomic E-state index is 0.0579. The number of amides is 1. The normalized spacial score (nSPS) is 11.5. The van der Waals surface area contributed by atoms with Crippen LogP contribution in [0.25, 0.3) is 0 Å². The SMILES string of the molecule is O=C(Cn1ccsc1=NC(=O)c1ccc(Cl)cc1Cl)c1ccccc1. The van der Waals surface area contributed by atoms with E-state index in [0.717, 1.165) is 0 Å². The van der Waals surface area contributed by atoms with Crippen molar-refractivity contribution in [2.24, 2.45) is 4.99 Å². The lowest BCUT2D eigenvalue weighted by Gasteiger charge is -2.03. The smallest absolute Gasteiger partial charge is 0.281 e. The molecule has 0 radical (unpaired) electrons. The van der Waals surface area contributed by atoms with Crippen LogP contribution in [-0.4, -0.2) is 16.3 Å². The Hall–Kier alpha value is -2.21. The van der Waals surface area contributed by atoms with Crippen molar-refractivity contribution in [2.45, 2.75) is 6.54 Å². The monoisotopic (exact) mass is 390 g/mol. The highest BCUT2D eigenvalue weighted by Gasteiger charge is 2.12. The van der Waals surface area contributed by atoms with Gasteiger partial charge in [0, 0.05) is 22.2 Å². The minimum Gasteiger partial charge on any atom is -0.316 e. The average Bonchev–Trinajstić information content (AvgIpc) is 3.02. The van der Waals surface area contributed by atoms with Gasteiger partial charge in [-0.15, -0.1) is 11.3 Å². The van der Waals surface area contributed by atoms with Gasteiger partial charge in [-0.2, -0.15) is 4.99 Å². The van der Waals surface area contributed by atoms with E-state index in [-0.39, 0.29) is 22.9 Å². The summed E-state index contributed by atoms with van der Waals surface area (Å²) in [5.41, 5.74) is 0.875. The molecule has 7 heteroatoms. The van der Waals surface area contributed by atoms with Gasteiger partial charge in [0.1, 0.15) is 0 Å². The van der Waals surface area contributed by atoms with Gasteiger partial charge in [-0.1, -0.05) is 53.5 Å². The zero-order valence-electron chi connectivity index (χ0n) is 12.9. The topological polar surface area (TPSA) is 51.4 Å². The van der Waals surface area contributed by atoms with Crippen molar-refractivity contribution >= 4 is 46.2 Å². The van der Waals surface area contributed by atoms with Crippen molar-refractivity contribution in [1.82, 2.24) is 4.57 Å². The van der Waals surface area contributed by atoms with E-state index in [1.54, 1.807) is 34.3 Å². The molecule has 0 bridgehead atoms. The molecule has 0 aliphatic rings. The third-order valence-corrected chi connectivity index (χ3v) is 4.77. The number of carbonyl (C=O) groups excluding carboxylic acids is 2. The molecule has 126 valence electrons. The number of hydrogen-bond acceptors (Lipinski definition) is 3. The summed E-state index contributed by atoms with van der Waals surface area (Å²) in [4.78, 5) is 29.2. The molecule has 0 N–H and O–H groups in total. The number of ketones is 1. The van der Waals surface area contributed by atoms with Crippen LogP contribution < -0.4 is 4.80 Å². The summed E-state index contributed by atoms with van der Waals surface area (Å²) in [5, 5.41) is 2.46. The van der Waals surface area contributed by atoms with Gasteiger partial charge in [0.25, 0.3) is 5.91 Å². The second kappa shape index (κ2) is 7.78. The predicted octanol–water partition coefficient (Wildman–Crippen LogP) is 4.48. The number of thiazole rings is 1. The molecule has 3 rings (SSSR count). The van der Waals surface area contributed by atoms with Gasteiger partial charge in [-0.3, -0.25) is 9.59 Å². The highest BCUT2D eigenvalue weighted by Crippen LogP contribution is 2.21. The molecule has 1 heterocycles. The van der Waals surface area contributed by atoms with Crippen LogP contribution in [0.4, 0.5) is 0 Å². The van der Waals surface area contributed by atoms with Crippen molar-refractivity contribution in [2.75, 3.05) is 0 Å². The van der Waals surface area contributed by atoms with Crippen LogP contribution in [0.2, 0.25) is 10.0 Å². The molecule has 0 aliphatic heterocycles. The van der Waals surface area contributed by atoms with E-state index in [4.69, 9.17) is 23.2 Å². The Balaban J connectivity index is 1.87. The fourth-order valence-corrected chi connectivity index (χ4v) is 3.40. The van der Waals surface area contributed by atoms with Crippen molar-refractivity contribution < 1.29 is 9.59 Å². The fraction of sp³-hybridized carbons (Fsp3) is 0.0556. The van der Waals surface area contributed by atoms with E-state index in [1.807, 2.05) is 18.2 Å². The number of nitrogens with zero attached hydrogens (tertiary/aromatic N) is 2. The van der Waals surface area contributed by atoms with Crippen LogP contribution in [0.1, 0.15) is 20.7 Å².